The minimum atomic E-state index is -0.0714. The molecule has 0 atom stereocenters. The second-order valence-corrected chi connectivity index (χ2v) is 9.81. The Morgan fingerprint density at radius 2 is 1.74 bits per heavy atom. The van der Waals surface area contributed by atoms with Gasteiger partial charge in [0, 0.05) is 56.1 Å². The molecule has 10 heteroatoms. The predicted octanol–water partition coefficient (Wildman–Crippen LogP) is 4.31. The van der Waals surface area contributed by atoms with Gasteiger partial charge in [-0.1, -0.05) is 41.6 Å². The van der Waals surface area contributed by atoms with E-state index in [0.29, 0.717) is 24.5 Å². The molecule has 7 rings (SSSR count). The minimum absolute atomic E-state index is 0.0714. The average Bonchev–Trinajstić information content (AvgIpc) is 3.58. The standard InChI is InChI=1S/C29H26N8O2/c1-19-17-24(34-39-19)29(38)36-15-13-35(14-16-36)18-20-8-10-21(11-9-20)27-32-33-28-22-5-2-3-6-23(22)31-26-25(37(27)28)7-4-12-30-26/h2-12,17H,13-16,18H2,1H3,(H,30,31). The van der Waals surface area contributed by atoms with E-state index in [0.717, 1.165) is 59.6 Å². The Balaban J connectivity index is 1.10. The highest BCUT2D eigenvalue weighted by atomic mass is 16.5. The fourth-order valence-electron chi connectivity index (χ4n) is 5.22. The van der Waals surface area contributed by atoms with Crippen molar-refractivity contribution in [1.82, 2.24) is 34.7 Å². The number of fused-ring (bicyclic) bond motifs is 5. The van der Waals surface area contributed by atoms with Gasteiger partial charge in [-0.25, -0.2) is 4.98 Å². The summed E-state index contributed by atoms with van der Waals surface area (Å²) in [5, 5.41) is 16.5. The van der Waals surface area contributed by atoms with Gasteiger partial charge in [0.1, 0.15) is 5.76 Å². The number of carbonyl (C=O) groups excluding carboxylic acids is 1. The lowest BCUT2D eigenvalue weighted by molar-refractivity contribution is 0.0618. The summed E-state index contributed by atoms with van der Waals surface area (Å²) >= 11 is 0. The molecule has 1 N–H and O–H groups in total. The third-order valence-electron chi connectivity index (χ3n) is 7.24. The van der Waals surface area contributed by atoms with Gasteiger partial charge in [0.2, 0.25) is 0 Å². The van der Waals surface area contributed by atoms with Crippen LogP contribution in [0, 0.1) is 6.92 Å². The fourth-order valence-corrected chi connectivity index (χ4v) is 5.22. The van der Waals surface area contributed by atoms with E-state index in [1.807, 2.05) is 41.3 Å². The highest BCUT2D eigenvalue weighted by Gasteiger charge is 2.26. The maximum Gasteiger partial charge on any atom is 0.276 e. The normalized spacial score (nSPS) is 14.6. The summed E-state index contributed by atoms with van der Waals surface area (Å²) in [5.74, 6) is 2.87. The molecule has 2 aliphatic heterocycles. The molecule has 0 saturated carbocycles. The van der Waals surface area contributed by atoms with Crippen molar-refractivity contribution in [2.45, 2.75) is 13.5 Å². The Labute approximate surface area is 224 Å². The van der Waals surface area contributed by atoms with Crippen LogP contribution in [-0.2, 0) is 6.54 Å². The molecule has 5 aromatic rings. The lowest BCUT2D eigenvalue weighted by Gasteiger charge is -2.34. The Morgan fingerprint density at radius 3 is 2.54 bits per heavy atom. The van der Waals surface area contributed by atoms with Gasteiger partial charge in [-0.3, -0.25) is 14.3 Å². The number of piperazine rings is 1. The van der Waals surface area contributed by atoms with Gasteiger partial charge in [-0.15, -0.1) is 10.2 Å². The molecule has 10 nitrogen and oxygen atoms in total. The molecule has 0 bridgehead atoms. The third kappa shape index (κ3) is 4.24. The van der Waals surface area contributed by atoms with E-state index in [4.69, 9.17) is 4.52 Å². The van der Waals surface area contributed by atoms with Crippen molar-refractivity contribution in [1.29, 1.82) is 0 Å². The molecule has 2 aliphatic rings. The van der Waals surface area contributed by atoms with Gasteiger partial charge in [-0.05, 0) is 36.8 Å². The first kappa shape index (κ1) is 23.3. The van der Waals surface area contributed by atoms with Crippen molar-refractivity contribution in [3.8, 4) is 28.5 Å². The van der Waals surface area contributed by atoms with Crippen LogP contribution < -0.4 is 5.32 Å². The van der Waals surface area contributed by atoms with E-state index in [9.17, 15) is 4.79 Å². The molecular formula is C29H26N8O2. The molecule has 39 heavy (non-hydrogen) atoms. The zero-order valence-electron chi connectivity index (χ0n) is 21.4. The Morgan fingerprint density at radius 1 is 0.949 bits per heavy atom. The van der Waals surface area contributed by atoms with E-state index in [1.54, 1.807) is 19.2 Å². The quantitative estimate of drug-likeness (QED) is 0.368. The molecule has 2 aromatic carbocycles. The van der Waals surface area contributed by atoms with Crippen LogP contribution in [0.5, 0.6) is 0 Å². The summed E-state index contributed by atoms with van der Waals surface area (Å²) in [5.41, 5.74) is 5.38. The number of aryl methyl sites for hydroxylation is 1. The number of hydrogen-bond acceptors (Lipinski definition) is 8. The van der Waals surface area contributed by atoms with E-state index < -0.39 is 0 Å². The van der Waals surface area contributed by atoms with Crippen molar-refractivity contribution < 1.29 is 9.32 Å². The van der Waals surface area contributed by atoms with Crippen LogP contribution in [0.3, 0.4) is 0 Å². The van der Waals surface area contributed by atoms with Gasteiger partial charge >= 0.3 is 0 Å². The fraction of sp³-hybridized carbons (Fsp3) is 0.207. The number of hydrogen-bond donors (Lipinski definition) is 1. The summed E-state index contributed by atoms with van der Waals surface area (Å²) in [6, 6.07) is 22.2. The second-order valence-electron chi connectivity index (χ2n) is 9.81. The molecule has 194 valence electrons. The van der Waals surface area contributed by atoms with Crippen LogP contribution in [0.25, 0.3) is 28.5 Å². The van der Waals surface area contributed by atoms with Gasteiger partial charge in [0.05, 0.1) is 11.4 Å². The van der Waals surface area contributed by atoms with Crippen LogP contribution in [0.15, 0.2) is 77.4 Å². The number of nitrogens with one attached hydrogen (secondary N) is 1. The smallest absolute Gasteiger partial charge is 0.276 e. The van der Waals surface area contributed by atoms with E-state index in [1.165, 1.54) is 5.56 Å². The second kappa shape index (κ2) is 9.48. The van der Waals surface area contributed by atoms with Crippen LogP contribution >= 0.6 is 0 Å². The predicted molar refractivity (Wildman–Crippen MR) is 146 cm³/mol. The molecule has 5 heterocycles. The minimum Gasteiger partial charge on any atom is -0.361 e. The summed E-state index contributed by atoms with van der Waals surface area (Å²) in [6.07, 6.45) is 1.78. The summed E-state index contributed by atoms with van der Waals surface area (Å²) in [7, 11) is 0. The number of nitrogens with zero attached hydrogens (tertiary/aromatic N) is 7. The highest BCUT2D eigenvalue weighted by molar-refractivity contribution is 5.92. The number of benzene rings is 2. The molecule has 0 aliphatic carbocycles. The Bertz CT molecular complexity index is 1660. The summed E-state index contributed by atoms with van der Waals surface area (Å²) < 4.78 is 7.13. The molecule has 0 radical (unpaired) electrons. The number of anilines is 2. The van der Waals surface area contributed by atoms with Crippen molar-refractivity contribution in [3.05, 3.63) is 89.9 Å². The summed E-state index contributed by atoms with van der Waals surface area (Å²) in [4.78, 5) is 21.4. The number of aromatic nitrogens is 5. The first-order chi connectivity index (χ1) is 19.1. The molecule has 3 aromatic heterocycles. The third-order valence-corrected chi connectivity index (χ3v) is 7.24. The molecule has 1 fully saturated rings. The molecule has 1 amide bonds. The van der Waals surface area contributed by atoms with Crippen LogP contribution in [0.1, 0.15) is 21.8 Å². The first-order valence-electron chi connectivity index (χ1n) is 13.0. The summed E-state index contributed by atoms with van der Waals surface area (Å²) in [6.45, 7) is 5.54. The van der Waals surface area contributed by atoms with Gasteiger partial charge in [0.15, 0.2) is 23.2 Å². The number of amides is 1. The number of para-hydroxylation sites is 1. The van der Waals surface area contributed by atoms with Crippen molar-refractivity contribution in [2.24, 2.45) is 0 Å². The maximum atomic E-state index is 12.7. The average molecular weight is 519 g/mol. The van der Waals surface area contributed by atoms with E-state index >= 15 is 0 Å². The van der Waals surface area contributed by atoms with Crippen LogP contribution in [-0.4, -0.2) is 66.8 Å². The number of carbonyl (C=O) groups is 1. The monoisotopic (exact) mass is 518 g/mol. The van der Waals surface area contributed by atoms with Crippen LogP contribution in [0.2, 0.25) is 0 Å². The molecule has 1 saturated heterocycles. The zero-order chi connectivity index (χ0) is 26.3. The van der Waals surface area contributed by atoms with Crippen molar-refractivity contribution in [2.75, 3.05) is 31.5 Å². The lowest BCUT2D eigenvalue weighted by atomic mass is 10.1. The topological polar surface area (TPSA) is 105 Å². The first-order valence-corrected chi connectivity index (χ1v) is 13.0. The van der Waals surface area contributed by atoms with E-state index in [2.05, 4.69) is 59.4 Å². The largest absolute Gasteiger partial charge is 0.361 e. The van der Waals surface area contributed by atoms with Gasteiger partial charge in [0.25, 0.3) is 5.91 Å². The Kier molecular flexibility index (Phi) is 5.66. The number of pyridine rings is 1. The zero-order valence-corrected chi connectivity index (χ0v) is 21.4. The van der Waals surface area contributed by atoms with Gasteiger partial charge in [-0.2, -0.15) is 0 Å². The SMILES string of the molecule is Cc1cc(C(=O)N2CCN(Cc3ccc(-c4nnc5n4-c4cccnc4Nc4ccccc4-5)cc3)CC2)no1. The highest BCUT2D eigenvalue weighted by Crippen LogP contribution is 2.38. The van der Waals surface area contributed by atoms with Crippen molar-refractivity contribution in [3.63, 3.8) is 0 Å². The maximum absolute atomic E-state index is 12.7. The molecular weight excluding hydrogens is 492 g/mol. The Hall–Kier alpha value is -4.83. The molecule has 0 unspecified atom stereocenters. The lowest BCUT2D eigenvalue weighted by Crippen LogP contribution is -2.48. The number of rotatable bonds is 4. The van der Waals surface area contributed by atoms with Crippen molar-refractivity contribution >= 4 is 17.4 Å². The van der Waals surface area contributed by atoms with Gasteiger partial charge < -0.3 is 14.7 Å². The van der Waals surface area contributed by atoms with E-state index in [-0.39, 0.29) is 5.91 Å². The van der Waals surface area contributed by atoms with Crippen LogP contribution in [0.4, 0.5) is 11.5 Å². The molecule has 0 spiro atoms.